The number of rotatable bonds is 6. The van der Waals surface area contributed by atoms with Crippen molar-refractivity contribution in [1.82, 2.24) is 0 Å². The van der Waals surface area contributed by atoms with Crippen LogP contribution in [-0.2, 0) is 9.53 Å². The van der Waals surface area contributed by atoms with Gasteiger partial charge in [-0.3, -0.25) is 4.79 Å². The second-order valence-electron chi connectivity index (χ2n) is 12.4. The quantitative estimate of drug-likeness (QED) is 0.404. The Balaban J connectivity index is 1.51. The Bertz CT molecular complexity index is 746. The van der Waals surface area contributed by atoms with Gasteiger partial charge in [-0.05, 0) is 78.9 Å². The van der Waals surface area contributed by atoms with Gasteiger partial charge in [0.25, 0.3) is 0 Å². The van der Waals surface area contributed by atoms with Crippen molar-refractivity contribution in [2.75, 3.05) is 0 Å². The lowest BCUT2D eigenvalue weighted by Crippen LogP contribution is -2.46. The second-order valence-corrected chi connectivity index (χ2v) is 12.4. The summed E-state index contributed by atoms with van der Waals surface area (Å²) in [5, 5.41) is 0. The van der Waals surface area contributed by atoms with Crippen LogP contribution in [-0.4, -0.2) is 12.1 Å². The molecule has 0 amide bonds. The number of fused-ring (bicyclic) bond motifs is 5. The van der Waals surface area contributed by atoms with Crippen LogP contribution in [0.25, 0.3) is 0 Å². The van der Waals surface area contributed by atoms with Crippen LogP contribution in [0.3, 0.4) is 0 Å². The molecule has 174 valence electrons. The summed E-state index contributed by atoms with van der Waals surface area (Å²) in [6.07, 6.45) is 17.9. The summed E-state index contributed by atoms with van der Waals surface area (Å²) in [6, 6.07) is 0. The van der Waals surface area contributed by atoms with E-state index in [-0.39, 0.29) is 17.5 Å². The molecule has 4 rings (SSSR count). The van der Waals surface area contributed by atoms with Crippen LogP contribution in [0.5, 0.6) is 0 Å². The third-order valence-corrected chi connectivity index (χ3v) is 10.1. The van der Waals surface area contributed by atoms with Gasteiger partial charge < -0.3 is 4.74 Å². The van der Waals surface area contributed by atoms with E-state index in [0.717, 1.165) is 42.9 Å². The Hall–Kier alpha value is -1.05. The standard InChI is InChI=1S/C29H46O2/c1-19(2)8-7-9-20(3)25-12-13-26-24-11-10-22-18-23(31-21(4)30)14-16-28(22,5)27(24)15-17-29(25,26)6/h10-11,19-20,23,25-27H,7-9,12-18H2,1-6H3/t20-,23-,25+,26-,27+,28-,29+/m1/s1. The Labute approximate surface area is 191 Å². The van der Waals surface area contributed by atoms with Crippen LogP contribution < -0.4 is 0 Å². The maximum atomic E-state index is 11.5. The topological polar surface area (TPSA) is 26.3 Å². The zero-order valence-corrected chi connectivity index (χ0v) is 21.0. The monoisotopic (exact) mass is 426 g/mol. The van der Waals surface area contributed by atoms with Crippen LogP contribution in [0.1, 0.15) is 106 Å². The van der Waals surface area contributed by atoms with Gasteiger partial charge in [-0.25, -0.2) is 0 Å². The average Bonchev–Trinajstić information content (AvgIpc) is 3.05. The van der Waals surface area contributed by atoms with Gasteiger partial charge in [-0.1, -0.05) is 77.2 Å². The maximum absolute atomic E-state index is 11.5. The normalized spacial score (nSPS) is 40.4. The fraction of sp³-hybridized carbons (Fsp3) is 0.828. The van der Waals surface area contributed by atoms with Crippen molar-refractivity contribution in [3.05, 3.63) is 23.3 Å². The molecular weight excluding hydrogens is 380 g/mol. The van der Waals surface area contributed by atoms with E-state index < -0.39 is 0 Å². The van der Waals surface area contributed by atoms with E-state index in [0.29, 0.717) is 11.3 Å². The first-order valence-electron chi connectivity index (χ1n) is 13.2. The van der Waals surface area contributed by atoms with Crippen LogP contribution in [0.4, 0.5) is 0 Å². The summed E-state index contributed by atoms with van der Waals surface area (Å²) in [5.41, 5.74) is 4.10. The van der Waals surface area contributed by atoms with Gasteiger partial charge in [0, 0.05) is 13.3 Å². The summed E-state index contributed by atoms with van der Waals surface area (Å²) in [7, 11) is 0. The number of hydrogen-bond donors (Lipinski definition) is 0. The highest BCUT2D eigenvalue weighted by atomic mass is 16.5. The molecule has 0 spiro atoms. The first-order chi connectivity index (χ1) is 14.6. The highest BCUT2D eigenvalue weighted by Gasteiger charge is 2.57. The summed E-state index contributed by atoms with van der Waals surface area (Å²) in [5.74, 6) is 3.94. The smallest absolute Gasteiger partial charge is 0.302 e. The van der Waals surface area contributed by atoms with Crippen molar-refractivity contribution < 1.29 is 9.53 Å². The fourth-order valence-electron chi connectivity index (χ4n) is 8.33. The Morgan fingerprint density at radius 3 is 2.52 bits per heavy atom. The molecule has 0 saturated heterocycles. The van der Waals surface area contributed by atoms with E-state index in [1.165, 1.54) is 44.9 Å². The molecule has 0 heterocycles. The number of hydrogen-bond acceptors (Lipinski definition) is 2. The zero-order valence-electron chi connectivity index (χ0n) is 21.0. The Morgan fingerprint density at radius 1 is 1.03 bits per heavy atom. The molecule has 0 bridgehead atoms. The summed E-state index contributed by atoms with van der Waals surface area (Å²) in [6.45, 7) is 14.0. The van der Waals surface area contributed by atoms with Crippen LogP contribution in [0.2, 0.25) is 0 Å². The molecule has 0 unspecified atom stereocenters. The lowest BCUT2D eigenvalue weighted by atomic mass is 9.50. The highest BCUT2D eigenvalue weighted by molar-refractivity contribution is 5.66. The SMILES string of the molecule is CC(=O)O[C@@H]1CC[C@]2(C)C(=CC=C3[C@H]4CC[C@@H]([C@H](C)CCCC(C)C)[C@]4(C)CC[C@@H]32)C1. The molecule has 2 nitrogen and oxygen atoms in total. The van der Waals surface area contributed by atoms with E-state index in [2.05, 4.69) is 46.8 Å². The largest absolute Gasteiger partial charge is 0.462 e. The van der Waals surface area contributed by atoms with Crippen molar-refractivity contribution in [3.63, 3.8) is 0 Å². The number of carbonyl (C=O) groups is 1. The molecular formula is C29H46O2. The molecule has 31 heavy (non-hydrogen) atoms. The van der Waals surface area contributed by atoms with Gasteiger partial charge in [0.15, 0.2) is 0 Å². The Kier molecular flexibility index (Phi) is 6.50. The summed E-state index contributed by atoms with van der Waals surface area (Å²) < 4.78 is 5.59. The van der Waals surface area contributed by atoms with Gasteiger partial charge in [-0.15, -0.1) is 0 Å². The van der Waals surface area contributed by atoms with E-state index in [4.69, 9.17) is 4.74 Å². The van der Waals surface area contributed by atoms with Gasteiger partial charge in [-0.2, -0.15) is 0 Å². The molecule has 2 heteroatoms. The minimum absolute atomic E-state index is 0.0863. The number of esters is 1. The third-order valence-electron chi connectivity index (χ3n) is 10.1. The van der Waals surface area contributed by atoms with Gasteiger partial charge in [0.05, 0.1) is 0 Å². The molecule has 0 aromatic heterocycles. The van der Waals surface area contributed by atoms with Crippen molar-refractivity contribution in [3.8, 4) is 0 Å². The van der Waals surface area contributed by atoms with E-state index in [1.54, 1.807) is 18.1 Å². The first-order valence-corrected chi connectivity index (χ1v) is 13.2. The minimum atomic E-state index is -0.130. The second kappa shape index (κ2) is 8.71. The van der Waals surface area contributed by atoms with Crippen molar-refractivity contribution in [2.45, 2.75) is 112 Å². The number of ether oxygens (including phenoxy) is 1. The molecule has 4 aliphatic carbocycles. The van der Waals surface area contributed by atoms with E-state index in [1.807, 2.05) is 0 Å². The van der Waals surface area contributed by atoms with Crippen LogP contribution in [0.15, 0.2) is 23.3 Å². The van der Waals surface area contributed by atoms with Gasteiger partial charge in [0.2, 0.25) is 0 Å². The van der Waals surface area contributed by atoms with E-state index in [9.17, 15) is 4.79 Å². The molecule has 3 saturated carbocycles. The molecule has 0 N–H and O–H groups in total. The maximum Gasteiger partial charge on any atom is 0.302 e. The summed E-state index contributed by atoms with van der Waals surface area (Å²) in [4.78, 5) is 11.5. The lowest BCUT2D eigenvalue weighted by molar-refractivity contribution is -0.148. The molecule has 0 aromatic carbocycles. The van der Waals surface area contributed by atoms with Gasteiger partial charge >= 0.3 is 5.97 Å². The van der Waals surface area contributed by atoms with Crippen LogP contribution in [0, 0.1) is 40.4 Å². The highest BCUT2D eigenvalue weighted by Crippen LogP contribution is 2.66. The molecule has 3 fully saturated rings. The third kappa shape index (κ3) is 4.18. The lowest BCUT2D eigenvalue weighted by Gasteiger charge is -2.55. The fourth-order valence-corrected chi connectivity index (χ4v) is 8.33. The molecule has 0 radical (unpaired) electrons. The van der Waals surface area contributed by atoms with E-state index >= 15 is 0 Å². The molecule has 0 aromatic rings. The van der Waals surface area contributed by atoms with Crippen molar-refractivity contribution in [1.29, 1.82) is 0 Å². The predicted octanol–water partition coefficient (Wildman–Crippen LogP) is 7.88. The van der Waals surface area contributed by atoms with Crippen LogP contribution >= 0.6 is 0 Å². The minimum Gasteiger partial charge on any atom is -0.462 e. The van der Waals surface area contributed by atoms with Crippen molar-refractivity contribution in [2.24, 2.45) is 40.4 Å². The number of allylic oxidation sites excluding steroid dienone is 3. The first kappa shape index (κ1) is 23.1. The number of carbonyl (C=O) groups excluding carboxylic acids is 1. The molecule has 0 aliphatic heterocycles. The predicted molar refractivity (Wildman–Crippen MR) is 129 cm³/mol. The van der Waals surface area contributed by atoms with Crippen molar-refractivity contribution >= 4 is 5.97 Å². The average molecular weight is 427 g/mol. The summed E-state index contributed by atoms with van der Waals surface area (Å²) >= 11 is 0. The Morgan fingerprint density at radius 2 is 1.81 bits per heavy atom. The molecule has 4 aliphatic rings. The van der Waals surface area contributed by atoms with Gasteiger partial charge in [0.1, 0.15) is 6.10 Å². The zero-order chi connectivity index (χ0) is 22.4. The molecule has 7 atom stereocenters.